The Kier molecular flexibility index (Phi) is 7.91. The summed E-state index contributed by atoms with van der Waals surface area (Å²) >= 11 is 0. The molecule has 1 heterocycles. The van der Waals surface area contributed by atoms with E-state index in [9.17, 15) is 15.6 Å². The summed E-state index contributed by atoms with van der Waals surface area (Å²) in [5, 5.41) is 39.4. The molecule has 7 rings (SSSR count). The van der Waals surface area contributed by atoms with Crippen LogP contribution in [0.1, 0.15) is 74.5 Å². The van der Waals surface area contributed by atoms with Crippen LogP contribution in [0.4, 0.5) is 11.8 Å². The van der Waals surface area contributed by atoms with E-state index in [0.717, 1.165) is 42.3 Å². The van der Waals surface area contributed by atoms with Crippen molar-refractivity contribution in [3.63, 3.8) is 0 Å². The standard InChI is InChI=1S/C32H41N7O/c33-14-24-3-1-2-4-25(24)17-36-31-37-18-28(15-34)30(39-31)38-20-32-11-23-9-26(12-32)29(27(10-23)13-32)35-16-21-5-7-22(19-40)8-6-21/h1-4,18,21-23,26-27,29,35,40H,5-13,16-17,19-20H2,(H2,36,37,38,39)/t21-,22-,23?,26-,27+,29+,32-. The average molecular weight is 540 g/mol. The van der Waals surface area contributed by atoms with Crippen molar-refractivity contribution < 1.29 is 5.11 Å². The van der Waals surface area contributed by atoms with E-state index in [-0.39, 0.29) is 5.41 Å². The molecule has 5 atom stereocenters. The summed E-state index contributed by atoms with van der Waals surface area (Å²) in [5.41, 5.74) is 2.25. The van der Waals surface area contributed by atoms with Crippen molar-refractivity contribution in [3.8, 4) is 12.1 Å². The van der Waals surface area contributed by atoms with Gasteiger partial charge in [0, 0.05) is 25.7 Å². The lowest BCUT2D eigenvalue weighted by Gasteiger charge is -2.60. The molecule has 0 spiro atoms. The van der Waals surface area contributed by atoms with Crippen LogP contribution in [0.25, 0.3) is 0 Å². The van der Waals surface area contributed by atoms with Crippen LogP contribution in [0.15, 0.2) is 30.5 Å². The second-order valence-electron chi connectivity index (χ2n) is 13.0. The zero-order chi connectivity index (χ0) is 27.5. The first-order valence-electron chi connectivity index (χ1n) is 15.1. The molecule has 5 fully saturated rings. The summed E-state index contributed by atoms with van der Waals surface area (Å²) in [6, 6.07) is 12.6. The highest BCUT2D eigenvalue weighted by atomic mass is 16.3. The SMILES string of the molecule is N#Cc1ccccc1CNc1ncc(C#N)c(NC[C@]23CC4C[C@H](C2)[C@H](NC[C@H]2CC[C@H](CO)CC2)[C@@H](C4)C3)n1. The van der Waals surface area contributed by atoms with Gasteiger partial charge in [-0.15, -0.1) is 0 Å². The van der Waals surface area contributed by atoms with Crippen molar-refractivity contribution >= 4 is 11.8 Å². The highest BCUT2D eigenvalue weighted by Gasteiger charge is 2.55. The molecule has 1 aromatic heterocycles. The predicted molar refractivity (Wildman–Crippen MR) is 154 cm³/mol. The van der Waals surface area contributed by atoms with E-state index in [2.05, 4.69) is 38.1 Å². The van der Waals surface area contributed by atoms with Crippen molar-refractivity contribution in [2.45, 2.75) is 70.4 Å². The van der Waals surface area contributed by atoms with Crippen LogP contribution < -0.4 is 16.0 Å². The Morgan fingerprint density at radius 1 is 0.925 bits per heavy atom. The van der Waals surface area contributed by atoms with Gasteiger partial charge in [0.1, 0.15) is 17.5 Å². The Hall–Kier alpha value is -3.20. The van der Waals surface area contributed by atoms with Crippen molar-refractivity contribution in [1.29, 1.82) is 10.5 Å². The molecular weight excluding hydrogens is 498 g/mol. The maximum Gasteiger partial charge on any atom is 0.224 e. The van der Waals surface area contributed by atoms with E-state index in [1.807, 2.05) is 18.2 Å². The van der Waals surface area contributed by atoms with E-state index in [1.165, 1.54) is 57.8 Å². The Bertz CT molecular complexity index is 1260. The Balaban J connectivity index is 1.07. The third-order valence-electron chi connectivity index (χ3n) is 10.4. The maximum absolute atomic E-state index is 9.73. The molecule has 8 nitrogen and oxygen atoms in total. The van der Waals surface area contributed by atoms with Gasteiger partial charge >= 0.3 is 0 Å². The van der Waals surface area contributed by atoms with E-state index in [4.69, 9.17) is 0 Å². The highest BCUT2D eigenvalue weighted by molar-refractivity contribution is 5.54. The molecule has 5 aliphatic carbocycles. The van der Waals surface area contributed by atoms with Gasteiger partial charge in [0.25, 0.3) is 0 Å². The van der Waals surface area contributed by atoms with Gasteiger partial charge in [0.2, 0.25) is 5.95 Å². The van der Waals surface area contributed by atoms with Crippen LogP contribution in [0, 0.1) is 57.7 Å². The molecule has 8 heteroatoms. The largest absolute Gasteiger partial charge is 0.396 e. The van der Waals surface area contributed by atoms with Gasteiger partial charge < -0.3 is 21.1 Å². The minimum atomic E-state index is 0.269. The minimum absolute atomic E-state index is 0.269. The number of aliphatic hydroxyl groups is 1. The van der Waals surface area contributed by atoms with Gasteiger partial charge in [-0.2, -0.15) is 15.5 Å². The molecule has 0 saturated heterocycles. The molecule has 40 heavy (non-hydrogen) atoms. The van der Waals surface area contributed by atoms with Crippen LogP contribution in [0.5, 0.6) is 0 Å². The zero-order valence-electron chi connectivity index (χ0n) is 23.3. The molecule has 5 saturated carbocycles. The molecule has 4 bridgehead atoms. The topological polar surface area (TPSA) is 130 Å². The van der Waals surface area contributed by atoms with Crippen LogP contribution >= 0.6 is 0 Å². The van der Waals surface area contributed by atoms with E-state index in [1.54, 1.807) is 12.3 Å². The third-order valence-corrected chi connectivity index (χ3v) is 10.4. The van der Waals surface area contributed by atoms with Crippen molar-refractivity contribution in [3.05, 3.63) is 47.2 Å². The molecule has 1 aromatic carbocycles. The molecule has 0 aliphatic heterocycles. The fourth-order valence-electron chi connectivity index (χ4n) is 8.58. The summed E-state index contributed by atoms with van der Waals surface area (Å²) in [6.45, 7) is 2.77. The van der Waals surface area contributed by atoms with Crippen LogP contribution in [-0.4, -0.2) is 40.8 Å². The molecular formula is C32H41N7O. The number of nitriles is 2. The first kappa shape index (κ1) is 27.0. The van der Waals surface area contributed by atoms with Crippen molar-refractivity contribution in [2.75, 3.05) is 30.3 Å². The van der Waals surface area contributed by atoms with Gasteiger partial charge in [-0.3, -0.25) is 0 Å². The molecule has 210 valence electrons. The van der Waals surface area contributed by atoms with E-state index in [0.29, 0.717) is 48.0 Å². The lowest BCUT2D eigenvalue weighted by Crippen LogP contribution is -2.60. The van der Waals surface area contributed by atoms with Gasteiger partial charge in [0.05, 0.1) is 17.8 Å². The van der Waals surface area contributed by atoms with Crippen LogP contribution in [0.3, 0.4) is 0 Å². The van der Waals surface area contributed by atoms with Gasteiger partial charge in [0.15, 0.2) is 0 Å². The monoisotopic (exact) mass is 539 g/mol. The number of nitrogens with one attached hydrogen (secondary N) is 3. The number of hydrogen-bond donors (Lipinski definition) is 4. The summed E-state index contributed by atoms with van der Waals surface area (Å²) in [7, 11) is 0. The van der Waals surface area contributed by atoms with Crippen LogP contribution in [-0.2, 0) is 6.54 Å². The number of aromatic nitrogens is 2. The maximum atomic E-state index is 9.73. The van der Waals surface area contributed by atoms with E-state index >= 15 is 0 Å². The zero-order valence-corrected chi connectivity index (χ0v) is 23.3. The predicted octanol–water partition coefficient (Wildman–Crippen LogP) is 4.83. The molecule has 4 N–H and O–H groups in total. The Morgan fingerprint density at radius 2 is 1.65 bits per heavy atom. The molecule has 1 unspecified atom stereocenters. The second kappa shape index (κ2) is 11.7. The van der Waals surface area contributed by atoms with Gasteiger partial charge in [-0.05, 0) is 111 Å². The average Bonchev–Trinajstić information content (AvgIpc) is 2.99. The highest BCUT2D eigenvalue weighted by Crippen LogP contribution is 2.60. The van der Waals surface area contributed by atoms with Crippen molar-refractivity contribution in [2.24, 2.45) is 35.0 Å². The lowest BCUT2D eigenvalue weighted by molar-refractivity contribution is -0.0703. The summed E-state index contributed by atoms with van der Waals surface area (Å²) in [4.78, 5) is 9.02. The number of hydrogen-bond acceptors (Lipinski definition) is 8. The van der Waals surface area contributed by atoms with Gasteiger partial charge in [-0.1, -0.05) is 18.2 Å². The summed E-state index contributed by atoms with van der Waals surface area (Å²) in [6.07, 6.45) is 12.9. The fourth-order valence-corrected chi connectivity index (χ4v) is 8.58. The lowest BCUT2D eigenvalue weighted by atomic mass is 9.48. The second-order valence-corrected chi connectivity index (χ2v) is 13.0. The quantitative estimate of drug-likeness (QED) is 0.338. The summed E-state index contributed by atoms with van der Waals surface area (Å²) in [5.74, 6) is 4.62. The minimum Gasteiger partial charge on any atom is -0.396 e. The molecule has 0 radical (unpaired) electrons. The third kappa shape index (κ3) is 5.66. The number of rotatable bonds is 10. The normalized spacial score (nSPS) is 32.3. The first-order valence-corrected chi connectivity index (χ1v) is 15.1. The molecule has 5 aliphatic rings. The number of benzene rings is 1. The first-order chi connectivity index (χ1) is 19.6. The Labute approximate surface area is 237 Å². The van der Waals surface area contributed by atoms with Crippen molar-refractivity contribution in [1.82, 2.24) is 15.3 Å². The van der Waals surface area contributed by atoms with E-state index < -0.39 is 0 Å². The summed E-state index contributed by atoms with van der Waals surface area (Å²) < 4.78 is 0. The fraction of sp³-hybridized carbons (Fsp3) is 0.625. The molecule has 0 amide bonds. The smallest absolute Gasteiger partial charge is 0.224 e. The number of aliphatic hydroxyl groups excluding tert-OH is 1. The molecule has 2 aromatic rings. The number of anilines is 2. The van der Waals surface area contributed by atoms with Crippen LogP contribution in [0.2, 0.25) is 0 Å². The van der Waals surface area contributed by atoms with Gasteiger partial charge in [-0.25, -0.2) is 4.98 Å². The number of nitrogens with zero attached hydrogens (tertiary/aromatic N) is 4. The Morgan fingerprint density at radius 3 is 2.38 bits per heavy atom.